The maximum Gasteiger partial charge on any atom is 0.126 e. The second kappa shape index (κ2) is 6.27. The lowest BCUT2D eigenvalue weighted by atomic mass is 9.94. The van der Waals surface area contributed by atoms with Crippen molar-refractivity contribution in [2.45, 2.75) is 45.7 Å². The van der Waals surface area contributed by atoms with Crippen LogP contribution in [0.1, 0.15) is 39.2 Å². The molecule has 2 aromatic carbocycles. The average molecular weight is 271 g/mol. The number of benzene rings is 2. The summed E-state index contributed by atoms with van der Waals surface area (Å²) in [7, 11) is 1.73. The molecule has 0 fully saturated rings. The minimum absolute atomic E-state index is 0.209. The Kier molecular flexibility index (Phi) is 4.66. The molecule has 0 saturated carbocycles. The van der Waals surface area contributed by atoms with E-state index in [0.29, 0.717) is 0 Å². The SMILES string of the molecule is CCC(C)(CC)NCc1ccc(OC)c2ccccc12. The van der Waals surface area contributed by atoms with Gasteiger partial charge >= 0.3 is 0 Å². The van der Waals surface area contributed by atoms with E-state index in [2.05, 4.69) is 62.5 Å². The zero-order valence-electron chi connectivity index (χ0n) is 13.0. The normalized spacial score (nSPS) is 11.8. The van der Waals surface area contributed by atoms with Gasteiger partial charge in [0.25, 0.3) is 0 Å². The van der Waals surface area contributed by atoms with E-state index in [4.69, 9.17) is 4.74 Å². The average Bonchev–Trinajstić information content (AvgIpc) is 2.52. The van der Waals surface area contributed by atoms with Gasteiger partial charge in [0.15, 0.2) is 0 Å². The fraction of sp³-hybridized carbons (Fsp3) is 0.444. The predicted octanol–water partition coefficient (Wildman–Crippen LogP) is 4.52. The molecular formula is C18H25NO. The van der Waals surface area contributed by atoms with Gasteiger partial charge in [0.05, 0.1) is 7.11 Å². The Bertz CT molecular complexity index is 573. The molecule has 0 aromatic heterocycles. The molecule has 2 nitrogen and oxygen atoms in total. The van der Waals surface area contributed by atoms with E-state index in [9.17, 15) is 0 Å². The molecule has 0 saturated heterocycles. The standard InChI is InChI=1S/C18H25NO/c1-5-18(3,6-2)19-13-14-11-12-17(20-4)16-10-8-7-9-15(14)16/h7-12,19H,5-6,13H2,1-4H3. The molecule has 0 aliphatic heterocycles. The summed E-state index contributed by atoms with van der Waals surface area (Å²) in [4.78, 5) is 0. The van der Waals surface area contributed by atoms with E-state index in [1.165, 1.54) is 16.3 Å². The molecule has 0 atom stereocenters. The van der Waals surface area contributed by atoms with Crippen molar-refractivity contribution < 1.29 is 4.74 Å². The minimum atomic E-state index is 0.209. The van der Waals surface area contributed by atoms with Crippen molar-refractivity contribution >= 4 is 10.8 Å². The Morgan fingerprint density at radius 2 is 1.65 bits per heavy atom. The molecule has 0 spiro atoms. The number of hydrogen-bond donors (Lipinski definition) is 1. The topological polar surface area (TPSA) is 21.3 Å². The van der Waals surface area contributed by atoms with Gasteiger partial charge in [0.1, 0.15) is 5.75 Å². The Morgan fingerprint density at radius 1 is 1.00 bits per heavy atom. The molecule has 0 aliphatic rings. The Morgan fingerprint density at radius 3 is 2.25 bits per heavy atom. The third-order valence-corrected chi connectivity index (χ3v) is 4.46. The zero-order valence-corrected chi connectivity index (χ0v) is 13.0. The summed E-state index contributed by atoms with van der Waals surface area (Å²) in [5.74, 6) is 0.943. The molecule has 20 heavy (non-hydrogen) atoms. The van der Waals surface area contributed by atoms with Crippen LogP contribution in [0.4, 0.5) is 0 Å². The first kappa shape index (κ1) is 14.9. The molecular weight excluding hydrogens is 246 g/mol. The molecule has 2 heteroatoms. The molecule has 0 aliphatic carbocycles. The van der Waals surface area contributed by atoms with E-state index >= 15 is 0 Å². The van der Waals surface area contributed by atoms with Gasteiger partial charge in [-0.3, -0.25) is 0 Å². The monoisotopic (exact) mass is 271 g/mol. The van der Waals surface area contributed by atoms with E-state index in [1.54, 1.807) is 7.11 Å². The van der Waals surface area contributed by atoms with Gasteiger partial charge in [0.2, 0.25) is 0 Å². The summed E-state index contributed by atoms with van der Waals surface area (Å²) >= 11 is 0. The van der Waals surface area contributed by atoms with Gasteiger partial charge in [-0.05, 0) is 36.8 Å². The summed E-state index contributed by atoms with van der Waals surface area (Å²) in [6, 6.07) is 12.7. The Balaban J connectivity index is 2.32. The van der Waals surface area contributed by atoms with Gasteiger partial charge in [-0.15, -0.1) is 0 Å². The highest BCUT2D eigenvalue weighted by Gasteiger charge is 2.18. The van der Waals surface area contributed by atoms with Crippen LogP contribution in [0.5, 0.6) is 5.75 Å². The molecule has 2 aromatic rings. The summed E-state index contributed by atoms with van der Waals surface area (Å²) in [5, 5.41) is 6.16. The number of ether oxygens (including phenoxy) is 1. The summed E-state index contributed by atoms with van der Waals surface area (Å²) in [6.07, 6.45) is 2.27. The van der Waals surface area contributed by atoms with Crippen LogP contribution in [-0.4, -0.2) is 12.6 Å². The number of nitrogens with one attached hydrogen (secondary N) is 1. The molecule has 0 unspecified atom stereocenters. The molecule has 2 rings (SSSR count). The van der Waals surface area contributed by atoms with Crippen LogP contribution in [0, 0.1) is 0 Å². The van der Waals surface area contributed by atoms with Gasteiger partial charge in [0, 0.05) is 17.5 Å². The summed E-state index contributed by atoms with van der Waals surface area (Å²) < 4.78 is 5.45. The van der Waals surface area contributed by atoms with Gasteiger partial charge < -0.3 is 10.1 Å². The lowest BCUT2D eigenvalue weighted by Crippen LogP contribution is -2.40. The van der Waals surface area contributed by atoms with Gasteiger partial charge in [-0.1, -0.05) is 44.2 Å². The number of rotatable bonds is 6. The quantitative estimate of drug-likeness (QED) is 0.834. The van der Waals surface area contributed by atoms with Gasteiger partial charge in [-0.2, -0.15) is 0 Å². The summed E-state index contributed by atoms with van der Waals surface area (Å²) in [5.41, 5.74) is 1.54. The number of fused-ring (bicyclic) bond motifs is 1. The van der Waals surface area contributed by atoms with Crippen LogP contribution in [0.25, 0.3) is 10.8 Å². The van der Waals surface area contributed by atoms with E-state index in [-0.39, 0.29) is 5.54 Å². The second-order valence-electron chi connectivity index (χ2n) is 5.59. The van der Waals surface area contributed by atoms with Gasteiger partial charge in [-0.25, -0.2) is 0 Å². The van der Waals surface area contributed by atoms with Crippen LogP contribution < -0.4 is 10.1 Å². The first-order chi connectivity index (χ1) is 9.63. The van der Waals surface area contributed by atoms with Crippen LogP contribution in [-0.2, 0) is 6.54 Å². The molecule has 0 heterocycles. The minimum Gasteiger partial charge on any atom is -0.496 e. The van der Waals surface area contributed by atoms with Crippen molar-refractivity contribution in [2.75, 3.05) is 7.11 Å². The predicted molar refractivity (Wildman–Crippen MR) is 86.3 cm³/mol. The highest BCUT2D eigenvalue weighted by atomic mass is 16.5. The largest absolute Gasteiger partial charge is 0.496 e. The highest BCUT2D eigenvalue weighted by molar-refractivity contribution is 5.91. The second-order valence-corrected chi connectivity index (χ2v) is 5.59. The molecule has 1 N–H and O–H groups in total. The Hall–Kier alpha value is -1.54. The molecule has 0 amide bonds. The number of hydrogen-bond acceptors (Lipinski definition) is 2. The maximum atomic E-state index is 5.45. The molecule has 0 bridgehead atoms. The van der Waals surface area contributed by atoms with Crippen LogP contribution in [0.15, 0.2) is 36.4 Å². The smallest absolute Gasteiger partial charge is 0.126 e. The van der Waals surface area contributed by atoms with Crippen molar-refractivity contribution in [3.8, 4) is 5.75 Å². The van der Waals surface area contributed by atoms with Crippen molar-refractivity contribution in [1.82, 2.24) is 5.32 Å². The lowest BCUT2D eigenvalue weighted by molar-refractivity contribution is 0.330. The first-order valence-corrected chi connectivity index (χ1v) is 7.43. The van der Waals surface area contributed by atoms with Crippen molar-refractivity contribution in [2.24, 2.45) is 0 Å². The fourth-order valence-electron chi connectivity index (χ4n) is 2.47. The van der Waals surface area contributed by atoms with Crippen molar-refractivity contribution in [3.63, 3.8) is 0 Å². The van der Waals surface area contributed by atoms with E-state index in [0.717, 1.165) is 25.1 Å². The van der Waals surface area contributed by atoms with E-state index < -0.39 is 0 Å². The van der Waals surface area contributed by atoms with Crippen molar-refractivity contribution in [1.29, 1.82) is 0 Å². The van der Waals surface area contributed by atoms with Crippen LogP contribution >= 0.6 is 0 Å². The maximum absolute atomic E-state index is 5.45. The summed E-state index contributed by atoms with van der Waals surface area (Å²) in [6.45, 7) is 7.66. The number of methoxy groups -OCH3 is 1. The Labute approximate surface area is 122 Å². The van der Waals surface area contributed by atoms with Crippen molar-refractivity contribution in [3.05, 3.63) is 42.0 Å². The third-order valence-electron chi connectivity index (χ3n) is 4.46. The highest BCUT2D eigenvalue weighted by Crippen LogP contribution is 2.28. The van der Waals surface area contributed by atoms with Crippen LogP contribution in [0.2, 0.25) is 0 Å². The third kappa shape index (κ3) is 2.96. The zero-order chi connectivity index (χ0) is 14.6. The lowest BCUT2D eigenvalue weighted by Gasteiger charge is -2.28. The molecule has 108 valence electrons. The fourth-order valence-corrected chi connectivity index (χ4v) is 2.47. The van der Waals surface area contributed by atoms with E-state index in [1.807, 2.05) is 0 Å². The molecule has 0 radical (unpaired) electrons. The van der Waals surface area contributed by atoms with Crippen LogP contribution in [0.3, 0.4) is 0 Å². The first-order valence-electron chi connectivity index (χ1n) is 7.43.